The Morgan fingerprint density at radius 2 is 2.14 bits per heavy atom. The van der Waals surface area contributed by atoms with Crippen molar-refractivity contribution in [2.24, 2.45) is 0 Å². The van der Waals surface area contributed by atoms with Gasteiger partial charge in [-0.25, -0.2) is 9.55 Å². The van der Waals surface area contributed by atoms with Crippen LogP contribution in [0, 0.1) is 10.4 Å². The summed E-state index contributed by atoms with van der Waals surface area (Å²) in [6.07, 6.45) is -0.725. The van der Waals surface area contributed by atoms with Gasteiger partial charge in [0.25, 0.3) is 0 Å². The van der Waals surface area contributed by atoms with Crippen LogP contribution in [0.3, 0.4) is 0 Å². The van der Waals surface area contributed by atoms with Crippen molar-refractivity contribution in [3.63, 3.8) is 0 Å². The molecule has 0 atom stereocenters. The molecule has 0 aromatic rings. The zero-order valence-electron chi connectivity index (χ0n) is 8.12. The van der Waals surface area contributed by atoms with Crippen molar-refractivity contribution >= 4 is 6.09 Å². The number of piperazine rings is 1. The summed E-state index contributed by atoms with van der Waals surface area (Å²) >= 11 is 0. The van der Waals surface area contributed by atoms with E-state index in [0.717, 1.165) is 0 Å². The minimum atomic E-state index is -0.857. The third kappa shape index (κ3) is 3.11. The van der Waals surface area contributed by atoms with Crippen molar-refractivity contribution in [1.29, 1.82) is 0 Å². The van der Waals surface area contributed by atoms with Gasteiger partial charge in [0.2, 0.25) is 0 Å². The quantitative estimate of drug-likeness (QED) is 0.418. The summed E-state index contributed by atoms with van der Waals surface area (Å²) in [7, 11) is 0. The van der Waals surface area contributed by atoms with Crippen LogP contribution in [0.25, 0.3) is 0 Å². The van der Waals surface area contributed by atoms with Crippen molar-refractivity contribution in [2.75, 3.05) is 32.8 Å². The Bertz CT molecular complexity index is 203. The highest BCUT2D eigenvalue weighted by Gasteiger charge is 2.27. The Balaban J connectivity index is 2.38. The lowest BCUT2D eigenvalue weighted by atomic mass is 10.4. The summed E-state index contributed by atoms with van der Waals surface area (Å²) < 4.78 is 3.73. The molecule has 0 spiro atoms. The number of quaternary nitrogens is 2. The number of carbonyl (C=O) groups excluding carboxylic acids is 1. The van der Waals surface area contributed by atoms with Gasteiger partial charge in [0.05, 0.1) is 6.61 Å². The molecule has 82 valence electrons. The lowest BCUT2D eigenvalue weighted by molar-refractivity contribution is -0.998. The van der Waals surface area contributed by atoms with Gasteiger partial charge in [0.15, 0.2) is 13.1 Å². The van der Waals surface area contributed by atoms with Crippen LogP contribution in [0.1, 0.15) is 6.92 Å². The fraction of sp³-hybridized carbons (Fsp3) is 0.857. The molecular formula is C7H15N3O4. The van der Waals surface area contributed by atoms with Gasteiger partial charge in [0.1, 0.15) is 13.1 Å². The average molecular weight is 205 g/mol. The molecule has 1 amide bonds. The van der Waals surface area contributed by atoms with Crippen LogP contribution < -0.4 is 10.5 Å². The van der Waals surface area contributed by atoms with E-state index >= 15 is 0 Å². The van der Waals surface area contributed by atoms with E-state index in [-0.39, 0.29) is 37.8 Å². The summed E-state index contributed by atoms with van der Waals surface area (Å²) in [5.74, 6) is 0. The zero-order chi connectivity index (χ0) is 10.6. The van der Waals surface area contributed by atoms with Crippen molar-refractivity contribution < 1.29 is 19.3 Å². The van der Waals surface area contributed by atoms with Crippen molar-refractivity contribution in [2.45, 2.75) is 6.92 Å². The van der Waals surface area contributed by atoms with E-state index in [0.29, 0.717) is 0 Å². The first-order chi connectivity index (χ1) is 6.56. The normalized spacial score (nSPS) is 32.4. The van der Waals surface area contributed by atoms with Crippen molar-refractivity contribution in [3.05, 3.63) is 10.4 Å². The molecule has 0 radical (unpaired) electrons. The molecule has 0 bridgehead atoms. The number of amides is 1. The van der Waals surface area contributed by atoms with Crippen LogP contribution in [0.5, 0.6) is 0 Å². The van der Waals surface area contributed by atoms with Gasteiger partial charge in [0, 0.05) is 0 Å². The minimum absolute atomic E-state index is 0.0697. The largest absolute Gasteiger partial charge is 0.634 e. The molecule has 0 aromatic heterocycles. The second-order valence-electron chi connectivity index (χ2n) is 3.21. The summed E-state index contributed by atoms with van der Waals surface area (Å²) in [5, 5.41) is 22.7. The first kappa shape index (κ1) is 11.2. The molecule has 7 nitrogen and oxygen atoms in total. The average Bonchev–Trinajstić information content (AvgIpc) is 2.11. The zero-order valence-corrected chi connectivity index (χ0v) is 8.12. The monoisotopic (exact) mass is 205 g/mol. The van der Waals surface area contributed by atoms with Crippen LogP contribution in [-0.4, -0.2) is 43.6 Å². The van der Waals surface area contributed by atoms with E-state index in [1.165, 1.54) is 0 Å². The minimum Gasteiger partial charge on any atom is -0.634 e. The first-order valence-electron chi connectivity index (χ1n) is 4.60. The maximum atomic E-state index is 11.7. The van der Waals surface area contributed by atoms with Gasteiger partial charge in [-0.2, -0.15) is 5.43 Å². The summed E-state index contributed by atoms with van der Waals surface area (Å²) in [4.78, 5) is 11.0. The first-order valence-corrected chi connectivity index (χ1v) is 4.60. The highest BCUT2D eigenvalue weighted by atomic mass is 16.6. The highest BCUT2D eigenvalue weighted by molar-refractivity contribution is 5.65. The smallest absolute Gasteiger partial charge is 0.452 e. The second-order valence-corrected chi connectivity index (χ2v) is 3.21. The molecule has 1 heterocycles. The van der Waals surface area contributed by atoms with E-state index in [2.05, 4.69) is 10.2 Å². The van der Waals surface area contributed by atoms with Gasteiger partial charge in [-0.05, 0) is 6.92 Å². The van der Waals surface area contributed by atoms with Crippen molar-refractivity contribution in [3.8, 4) is 0 Å². The van der Waals surface area contributed by atoms with Gasteiger partial charge in [-0.3, -0.25) is 0 Å². The van der Waals surface area contributed by atoms with E-state index < -0.39 is 10.8 Å². The molecule has 2 N–H and O–H groups in total. The van der Waals surface area contributed by atoms with Crippen LogP contribution >= 0.6 is 0 Å². The molecular weight excluding hydrogens is 190 g/mol. The summed E-state index contributed by atoms with van der Waals surface area (Å²) in [6.45, 7) is 2.51. The highest BCUT2D eigenvalue weighted by Crippen LogP contribution is 1.99. The Hall–Kier alpha value is -0.890. The number of rotatable bonds is 2. The standard InChI is InChI=1S/C7H15N3O4/c1-2-14-7(11)8-10(13)5-3-9(12)4-6-10/h9H,2-6H2,1H3,(H,8,11). The van der Waals surface area contributed by atoms with Crippen LogP contribution in [-0.2, 0) is 4.74 Å². The third-order valence-corrected chi connectivity index (χ3v) is 2.07. The number of hydrogen-bond acceptors (Lipinski definition) is 4. The fourth-order valence-corrected chi connectivity index (χ4v) is 1.29. The van der Waals surface area contributed by atoms with Crippen LogP contribution in [0.2, 0.25) is 0 Å². The predicted octanol–water partition coefficient (Wildman–Crippen LogP) is -1.64. The topological polar surface area (TPSA) is 88.9 Å². The van der Waals surface area contributed by atoms with Crippen LogP contribution in [0.4, 0.5) is 4.79 Å². The summed E-state index contributed by atoms with van der Waals surface area (Å²) in [6, 6.07) is 0. The molecule has 1 rings (SSSR count). The number of hydrogen-bond donors (Lipinski definition) is 2. The molecule has 0 aromatic carbocycles. The Morgan fingerprint density at radius 3 is 2.64 bits per heavy atom. The second kappa shape index (κ2) is 4.56. The lowest BCUT2D eigenvalue weighted by Gasteiger charge is -2.45. The van der Waals surface area contributed by atoms with E-state index in [1.54, 1.807) is 6.92 Å². The van der Waals surface area contributed by atoms with Gasteiger partial charge < -0.3 is 20.2 Å². The third-order valence-electron chi connectivity index (χ3n) is 2.07. The molecule has 1 saturated heterocycles. The van der Waals surface area contributed by atoms with Gasteiger partial charge >= 0.3 is 6.09 Å². The number of carbonyl (C=O) groups is 1. The SMILES string of the molecule is CCOC(=O)N[N+]1([O-])CC[NH+]([O-])CC1. The Labute approximate surface area is 81.9 Å². The molecule has 0 saturated carbocycles. The van der Waals surface area contributed by atoms with Gasteiger partial charge in [-0.15, -0.1) is 0 Å². The molecule has 14 heavy (non-hydrogen) atoms. The number of nitrogens with one attached hydrogen (secondary N) is 2. The molecule has 0 unspecified atom stereocenters. The predicted molar refractivity (Wildman–Crippen MR) is 47.6 cm³/mol. The van der Waals surface area contributed by atoms with E-state index in [9.17, 15) is 15.2 Å². The van der Waals surface area contributed by atoms with Crippen molar-refractivity contribution in [1.82, 2.24) is 5.43 Å². The molecule has 1 fully saturated rings. The van der Waals surface area contributed by atoms with Crippen LogP contribution in [0.15, 0.2) is 0 Å². The Kier molecular flexibility index (Phi) is 3.64. The summed E-state index contributed by atoms with van der Waals surface area (Å²) in [5.41, 5.74) is 2.19. The maximum absolute atomic E-state index is 11.7. The number of hydroxylamine groups is 4. The van der Waals surface area contributed by atoms with Gasteiger partial charge in [-0.1, -0.05) is 0 Å². The molecule has 0 aliphatic carbocycles. The van der Waals surface area contributed by atoms with E-state index in [4.69, 9.17) is 0 Å². The fourth-order valence-electron chi connectivity index (χ4n) is 1.29. The lowest BCUT2D eigenvalue weighted by Crippen LogP contribution is -3.11. The van der Waals surface area contributed by atoms with E-state index in [1.807, 2.05) is 0 Å². The Morgan fingerprint density at radius 1 is 1.57 bits per heavy atom. The molecule has 1 aliphatic heterocycles. The molecule has 7 heteroatoms. The maximum Gasteiger partial charge on any atom is 0.452 e. The number of ether oxygens (including phenoxy) is 1. The molecule has 1 aliphatic rings. The number of nitrogens with zero attached hydrogens (tertiary/aromatic N) is 1.